The first kappa shape index (κ1) is 15.0. The Bertz CT molecular complexity index is 723. The standard InChI is InChI=1S/C15H18N2O4S/c1-16(11-6-2-3-7-11)14(18)10-17-15(19)12-8-4-5-9-13(12)22(17,20)21/h4-5,8-9,11H,2-3,6-7,10H2,1H3. The van der Waals surface area contributed by atoms with Crippen LogP contribution in [-0.4, -0.2) is 49.1 Å². The van der Waals surface area contributed by atoms with Gasteiger partial charge >= 0.3 is 0 Å². The van der Waals surface area contributed by atoms with Crippen LogP contribution in [0.4, 0.5) is 0 Å². The molecule has 1 aromatic rings. The fourth-order valence-electron chi connectivity index (χ4n) is 3.12. The van der Waals surface area contributed by atoms with Crippen LogP contribution in [-0.2, 0) is 14.8 Å². The molecule has 2 aliphatic rings. The lowest BCUT2D eigenvalue weighted by atomic mass is 10.2. The Morgan fingerprint density at radius 1 is 1.27 bits per heavy atom. The summed E-state index contributed by atoms with van der Waals surface area (Å²) in [6.07, 6.45) is 4.02. The monoisotopic (exact) mass is 322 g/mol. The molecule has 3 rings (SSSR count). The maximum atomic E-state index is 12.4. The summed E-state index contributed by atoms with van der Waals surface area (Å²) in [7, 11) is -2.23. The van der Waals surface area contributed by atoms with Crippen LogP contribution < -0.4 is 0 Å². The predicted octanol–water partition coefficient (Wildman–Crippen LogP) is 1.23. The summed E-state index contributed by atoms with van der Waals surface area (Å²) < 4.78 is 25.5. The van der Waals surface area contributed by atoms with Crippen molar-refractivity contribution in [2.75, 3.05) is 13.6 Å². The zero-order valence-electron chi connectivity index (χ0n) is 12.4. The van der Waals surface area contributed by atoms with Crippen molar-refractivity contribution in [3.8, 4) is 0 Å². The van der Waals surface area contributed by atoms with Crippen molar-refractivity contribution in [2.45, 2.75) is 36.6 Å². The van der Waals surface area contributed by atoms with E-state index in [2.05, 4.69) is 0 Å². The van der Waals surface area contributed by atoms with Crippen LogP contribution in [0.25, 0.3) is 0 Å². The van der Waals surface area contributed by atoms with Crippen molar-refractivity contribution >= 4 is 21.8 Å². The second-order valence-corrected chi connectivity index (χ2v) is 7.59. The first-order chi connectivity index (χ1) is 10.4. The van der Waals surface area contributed by atoms with Gasteiger partial charge in [0, 0.05) is 13.1 Å². The van der Waals surface area contributed by atoms with Gasteiger partial charge in [-0.15, -0.1) is 0 Å². The highest BCUT2D eigenvalue weighted by atomic mass is 32.2. The zero-order valence-corrected chi connectivity index (χ0v) is 13.2. The summed E-state index contributed by atoms with van der Waals surface area (Å²) in [5.41, 5.74) is 0.138. The molecule has 6 nitrogen and oxygen atoms in total. The number of nitrogens with zero attached hydrogens (tertiary/aromatic N) is 2. The van der Waals surface area contributed by atoms with Gasteiger partial charge in [-0.2, -0.15) is 0 Å². The Balaban J connectivity index is 1.81. The summed E-state index contributed by atoms with van der Waals surface area (Å²) in [6, 6.07) is 6.20. The molecular formula is C15H18N2O4S. The Morgan fingerprint density at radius 3 is 2.55 bits per heavy atom. The minimum absolute atomic E-state index is 0.0173. The molecule has 1 heterocycles. The van der Waals surface area contributed by atoms with Crippen molar-refractivity contribution in [1.29, 1.82) is 0 Å². The number of hydrogen-bond donors (Lipinski definition) is 0. The Kier molecular flexibility index (Phi) is 3.68. The van der Waals surface area contributed by atoms with Crippen LogP contribution in [0.3, 0.4) is 0 Å². The van der Waals surface area contributed by atoms with E-state index in [4.69, 9.17) is 0 Å². The number of amides is 2. The molecule has 0 unspecified atom stereocenters. The van der Waals surface area contributed by atoms with E-state index in [1.54, 1.807) is 24.1 Å². The largest absolute Gasteiger partial charge is 0.341 e. The molecule has 1 saturated carbocycles. The fourth-order valence-corrected chi connectivity index (χ4v) is 4.64. The lowest BCUT2D eigenvalue weighted by Crippen LogP contribution is -2.44. The van der Waals surface area contributed by atoms with Gasteiger partial charge in [0.2, 0.25) is 5.91 Å². The molecule has 118 valence electrons. The van der Waals surface area contributed by atoms with Crippen LogP contribution in [0.15, 0.2) is 29.2 Å². The Hall–Kier alpha value is -1.89. The molecule has 0 saturated heterocycles. The van der Waals surface area contributed by atoms with Crippen LogP contribution in [0, 0.1) is 0 Å². The second-order valence-electron chi connectivity index (χ2n) is 5.76. The van der Waals surface area contributed by atoms with Gasteiger partial charge in [0.25, 0.3) is 15.9 Å². The number of sulfonamides is 1. The highest BCUT2D eigenvalue weighted by Crippen LogP contribution is 2.30. The molecular weight excluding hydrogens is 304 g/mol. The van der Waals surface area contributed by atoms with E-state index >= 15 is 0 Å². The van der Waals surface area contributed by atoms with E-state index in [0.717, 1.165) is 25.7 Å². The lowest BCUT2D eigenvalue weighted by molar-refractivity contribution is -0.131. The molecule has 7 heteroatoms. The smallest absolute Gasteiger partial charge is 0.269 e. The summed E-state index contributed by atoms with van der Waals surface area (Å²) in [5.74, 6) is -0.958. The Labute approximate surface area is 129 Å². The highest BCUT2D eigenvalue weighted by Gasteiger charge is 2.42. The van der Waals surface area contributed by atoms with Gasteiger partial charge in [-0.3, -0.25) is 9.59 Å². The highest BCUT2D eigenvalue weighted by molar-refractivity contribution is 7.90. The van der Waals surface area contributed by atoms with E-state index in [1.165, 1.54) is 12.1 Å². The number of fused-ring (bicyclic) bond motifs is 1. The number of carbonyl (C=O) groups is 2. The van der Waals surface area contributed by atoms with Gasteiger partial charge in [0.05, 0.1) is 5.56 Å². The summed E-state index contributed by atoms with van der Waals surface area (Å²) in [6.45, 7) is -0.428. The van der Waals surface area contributed by atoms with Gasteiger partial charge in [-0.25, -0.2) is 12.7 Å². The van der Waals surface area contributed by atoms with E-state index < -0.39 is 22.5 Å². The number of benzene rings is 1. The fraction of sp³-hybridized carbons (Fsp3) is 0.467. The van der Waals surface area contributed by atoms with Crippen LogP contribution >= 0.6 is 0 Å². The molecule has 0 N–H and O–H groups in total. The van der Waals surface area contributed by atoms with Crippen LogP contribution in [0.1, 0.15) is 36.0 Å². The second kappa shape index (κ2) is 5.39. The average Bonchev–Trinajstić information content (AvgIpc) is 3.10. The van der Waals surface area contributed by atoms with Crippen molar-refractivity contribution in [3.05, 3.63) is 29.8 Å². The van der Waals surface area contributed by atoms with Gasteiger partial charge in [0.15, 0.2) is 0 Å². The normalized spacial score (nSPS) is 20.2. The molecule has 0 aromatic heterocycles. The third-order valence-corrected chi connectivity index (χ3v) is 6.24. The van der Waals surface area contributed by atoms with Gasteiger partial charge < -0.3 is 4.90 Å². The third kappa shape index (κ3) is 2.29. The first-order valence-electron chi connectivity index (χ1n) is 7.34. The third-order valence-electron chi connectivity index (χ3n) is 4.46. The van der Waals surface area contributed by atoms with E-state index in [-0.39, 0.29) is 22.4 Å². The van der Waals surface area contributed by atoms with E-state index in [1.807, 2.05) is 0 Å². The average molecular weight is 322 g/mol. The van der Waals surface area contributed by atoms with Gasteiger partial charge in [-0.1, -0.05) is 25.0 Å². The molecule has 0 radical (unpaired) electrons. The van der Waals surface area contributed by atoms with Crippen LogP contribution in [0.2, 0.25) is 0 Å². The molecule has 1 aromatic carbocycles. The minimum Gasteiger partial charge on any atom is -0.341 e. The topological polar surface area (TPSA) is 74.8 Å². The molecule has 1 fully saturated rings. The maximum Gasteiger partial charge on any atom is 0.269 e. The van der Waals surface area contributed by atoms with Crippen molar-refractivity contribution in [1.82, 2.24) is 9.21 Å². The maximum absolute atomic E-state index is 12.4. The first-order valence-corrected chi connectivity index (χ1v) is 8.78. The number of hydrogen-bond acceptors (Lipinski definition) is 4. The summed E-state index contributed by atoms with van der Waals surface area (Å²) in [5, 5.41) is 0. The lowest BCUT2D eigenvalue weighted by Gasteiger charge is -2.26. The van der Waals surface area contributed by atoms with Crippen molar-refractivity contribution in [3.63, 3.8) is 0 Å². The zero-order chi connectivity index (χ0) is 15.9. The summed E-state index contributed by atoms with van der Waals surface area (Å²) >= 11 is 0. The number of rotatable bonds is 3. The minimum atomic E-state index is -3.91. The molecule has 1 aliphatic heterocycles. The predicted molar refractivity (Wildman–Crippen MR) is 79.7 cm³/mol. The molecule has 1 aliphatic carbocycles. The molecule has 0 atom stereocenters. The van der Waals surface area contributed by atoms with Crippen molar-refractivity contribution < 1.29 is 18.0 Å². The summed E-state index contributed by atoms with van der Waals surface area (Å²) in [4.78, 5) is 26.2. The van der Waals surface area contributed by atoms with Gasteiger partial charge in [0.1, 0.15) is 11.4 Å². The SMILES string of the molecule is CN(C(=O)CN1C(=O)c2ccccc2S1(=O)=O)C1CCCC1. The number of likely N-dealkylation sites (N-methyl/N-ethyl adjacent to an activating group) is 1. The molecule has 2 amide bonds. The van der Waals surface area contributed by atoms with Gasteiger partial charge in [-0.05, 0) is 25.0 Å². The molecule has 0 bridgehead atoms. The molecule has 0 spiro atoms. The van der Waals surface area contributed by atoms with Crippen molar-refractivity contribution in [2.24, 2.45) is 0 Å². The van der Waals surface area contributed by atoms with E-state index in [9.17, 15) is 18.0 Å². The Morgan fingerprint density at radius 2 is 1.91 bits per heavy atom. The number of carbonyl (C=O) groups excluding carboxylic acids is 2. The van der Waals surface area contributed by atoms with E-state index in [0.29, 0.717) is 4.31 Å². The molecule has 22 heavy (non-hydrogen) atoms. The van der Waals surface area contributed by atoms with Crippen LogP contribution in [0.5, 0.6) is 0 Å². The quantitative estimate of drug-likeness (QED) is 0.839.